The highest BCUT2D eigenvalue weighted by Gasteiger charge is 2.41. The van der Waals surface area contributed by atoms with Gasteiger partial charge in [0.2, 0.25) is 10.0 Å². The largest absolute Gasteiger partial charge is 0.295 e. The molecule has 0 N–H and O–H groups in total. The number of aromatic nitrogens is 2. The summed E-state index contributed by atoms with van der Waals surface area (Å²) in [7, 11) is -0.974. The number of fused-ring (bicyclic) bond motifs is 1. The lowest BCUT2D eigenvalue weighted by molar-refractivity contribution is 0.177. The lowest BCUT2D eigenvalue weighted by atomic mass is 10.2. The van der Waals surface area contributed by atoms with E-state index in [1.165, 1.54) is 23.4 Å². The Hall–Kier alpha value is -0.920. The highest BCUT2D eigenvalue weighted by Crippen LogP contribution is 2.31. The summed E-state index contributed by atoms with van der Waals surface area (Å²) in [4.78, 5) is 2.37. The van der Waals surface area contributed by atoms with Gasteiger partial charge in [-0.3, -0.25) is 9.58 Å². The van der Waals surface area contributed by atoms with Crippen LogP contribution in [0.1, 0.15) is 36.2 Å². The molecule has 0 spiro atoms. The first-order valence-corrected chi connectivity index (χ1v) is 9.81. The number of sulfonamides is 1. The minimum absolute atomic E-state index is 0.0839. The van der Waals surface area contributed by atoms with Crippen LogP contribution in [0.5, 0.6) is 0 Å². The Balaban J connectivity index is 1.40. The fourth-order valence-corrected chi connectivity index (χ4v) is 5.54. The maximum Gasteiger partial charge on any atom is 0.217 e. The Kier molecular flexibility index (Phi) is 3.54. The van der Waals surface area contributed by atoms with Crippen molar-refractivity contribution in [3.8, 4) is 0 Å². The summed E-state index contributed by atoms with van der Waals surface area (Å²) >= 11 is 0. The second-order valence-electron chi connectivity index (χ2n) is 6.77. The van der Waals surface area contributed by atoms with Gasteiger partial charge in [-0.25, -0.2) is 8.42 Å². The lowest BCUT2D eigenvalue weighted by Crippen LogP contribution is -2.49. The molecule has 2 fully saturated rings. The number of piperazine rings is 1. The van der Waals surface area contributed by atoms with Crippen LogP contribution in [-0.2, 0) is 36.5 Å². The van der Waals surface area contributed by atoms with E-state index in [4.69, 9.17) is 0 Å². The molecule has 7 heteroatoms. The molecular weight excluding hydrogens is 300 g/mol. The van der Waals surface area contributed by atoms with E-state index in [-0.39, 0.29) is 5.25 Å². The quantitative estimate of drug-likeness (QED) is 0.810. The van der Waals surface area contributed by atoms with Crippen LogP contribution in [0.15, 0.2) is 0 Å². The molecule has 22 heavy (non-hydrogen) atoms. The van der Waals surface area contributed by atoms with Crippen LogP contribution < -0.4 is 0 Å². The van der Waals surface area contributed by atoms with Crippen molar-refractivity contribution in [2.24, 2.45) is 7.05 Å². The Morgan fingerprint density at radius 2 is 1.86 bits per heavy atom. The summed E-state index contributed by atoms with van der Waals surface area (Å²) in [6.07, 6.45) is 5.18. The van der Waals surface area contributed by atoms with Crippen molar-refractivity contribution in [2.75, 3.05) is 26.2 Å². The zero-order chi connectivity index (χ0) is 15.3. The Morgan fingerprint density at radius 1 is 1.14 bits per heavy atom. The summed E-state index contributed by atoms with van der Waals surface area (Å²) in [6.45, 7) is 3.83. The molecule has 1 saturated heterocycles. The van der Waals surface area contributed by atoms with Crippen molar-refractivity contribution < 1.29 is 8.42 Å². The first-order chi connectivity index (χ1) is 10.6. The van der Waals surface area contributed by atoms with Crippen LogP contribution in [0.3, 0.4) is 0 Å². The topological polar surface area (TPSA) is 58.4 Å². The van der Waals surface area contributed by atoms with Gasteiger partial charge >= 0.3 is 0 Å². The average Bonchev–Trinajstić information content (AvgIpc) is 3.21. The van der Waals surface area contributed by atoms with Crippen molar-refractivity contribution in [2.45, 2.75) is 43.9 Å². The van der Waals surface area contributed by atoms with Gasteiger partial charge in [0.1, 0.15) is 0 Å². The van der Waals surface area contributed by atoms with Crippen LogP contribution in [-0.4, -0.2) is 58.8 Å². The summed E-state index contributed by atoms with van der Waals surface area (Å²) in [5.41, 5.74) is 4.04. The molecule has 4 rings (SSSR count). The maximum absolute atomic E-state index is 12.3. The molecule has 1 aliphatic heterocycles. The van der Waals surface area contributed by atoms with E-state index in [1.54, 1.807) is 4.31 Å². The SMILES string of the molecule is Cn1nc2c(c1CN1CCN(S(=O)(=O)C3CC3)CC1)CCC2. The Bertz CT molecular complexity index is 670. The van der Waals surface area contributed by atoms with Crippen LogP contribution in [0.25, 0.3) is 0 Å². The number of hydrogen-bond acceptors (Lipinski definition) is 4. The highest BCUT2D eigenvalue weighted by molar-refractivity contribution is 7.90. The molecule has 0 unspecified atom stereocenters. The molecule has 6 nitrogen and oxygen atoms in total. The van der Waals surface area contributed by atoms with E-state index in [0.717, 1.165) is 45.3 Å². The van der Waals surface area contributed by atoms with Gasteiger partial charge in [-0.2, -0.15) is 9.40 Å². The highest BCUT2D eigenvalue weighted by atomic mass is 32.2. The normalized spacial score (nSPS) is 23.9. The van der Waals surface area contributed by atoms with Crippen molar-refractivity contribution in [1.82, 2.24) is 19.0 Å². The predicted molar refractivity (Wildman–Crippen MR) is 84.0 cm³/mol. The molecule has 0 atom stereocenters. The molecule has 122 valence electrons. The molecule has 2 aliphatic carbocycles. The van der Waals surface area contributed by atoms with Crippen LogP contribution in [0.2, 0.25) is 0 Å². The van der Waals surface area contributed by atoms with Crippen LogP contribution >= 0.6 is 0 Å². The standard InChI is InChI=1S/C15H24N4O2S/c1-17-15(13-3-2-4-14(13)16-17)11-18-7-9-19(10-8-18)22(20,21)12-5-6-12/h12H,2-11H2,1H3. The summed E-state index contributed by atoms with van der Waals surface area (Å²) in [5.74, 6) is 0. The minimum atomic E-state index is -3.00. The first kappa shape index (κ1) is 14.7. The van der Waals surface area contributed by atoms with Gasteiger partial charge in [0.05, 0.1) is 16.6 Å². The van der Waals surface area contributed by atoms with E-state index in [9.17, 15) is 8.42 Å². The third kappa shape index (κ3) is 2.49. The molecule has 0 radical (unpaired) electrons. The van der Waals surface area contributed by atoms with Crippen molar-refractivity contribution in [3.05, 3.63) is 17.0 Å². The van der Waals surface area contributed by atoms with Crippen LogP contribution in [0, 0.1) is 0 Å². The zero-order valence-corrected chi connectivity index (χ0v) is 14.0. The number of rotatable bonds is 4. The number of aryl methyl sites for hydroxylation is 2. The number of nitrogens with zero attached hydrogens (tertiary/aromatic N) is 4. The van der Waals surface area contributed by atoms with E-state index in [0.29, 0.717) is 13.1 Å². The Labute approximate surface area is 132 Å². The maximum atomic E-state index is 12.3. The minimum Gasteiger partial charge on any atom is -0.295 e. The van der Waals surface area contributed by atoms with E-state index in [1.807, 2.05) is 11.7 Å². The van der Waals surface area contributed by atoms with Crippen LogP contribution in [0.4, 0.5) is 0 Å². The second kappa shape index (κ2) is 5.32. The lowest BCUT2D eigenvalue weighted by Gasteiger charge is -2.34. The molecule has 2 heterocycles. The first-order valence-electron chi connectivity index (χ1n) is 8.30. The fraction of sp³-hybridized carbons (Fsp3) is 0.800. The van der Waals surface area contributed by atoms with Gasteiger partial charge in [-0.05, 0) is 37.7 Å². The third-order valence-corrected chi connectivity index (χ3v) is 7.61. The van der Waals surface area contributed by atoms with Gasteiger partial charge in [0.25, 0.3) is 0 Å². The smallest absolute Gasteiger partial charge is 0.217 e. The Morgan fingerprint density at radius 3 is 2.55 bits per heavy atom. The van der Waals surface area contributed by atoms with Crippen molar-refractivity contribution in [3.63, 3.8) is 0 Å². The monoisotopic (exact) mass is 324 g/mol. The molecule has 1 aromatic rings. The molecule has 1 aromatic heterocycles. The molecular formula is C15H24N4O2S. The summed E-state index contributed by atoms with van der Waals surface area (Å²) in [5, 5.41) is 4.54. The van der Waals surface area contributed by atoms with Gasteiger partial charge in [0.15, 0.2) is 0 Å². The summed E-state index contributed by atoms with van der Waals surface area (Å²) in [6, 6.07) is 0. The fourth-order valence-electron chi connectivity index (χ4n) is 3.71. The van der Waals surface area contributed by atoms with Gasteiger partial charge in [-0.1, -0.05) is 0 Å². The average molecular weight is 324 g/mol. The van der Waals surface area contributed by atoms with Gasteiger partial charge in [-0.15, -0.1) is 0 Å². The molecule has 0 amide bonds. The van der Waals surface area contributed by atoms with Crippen molar-refractivity contribution >= 4 is 10.0 Å². The zero-order valence-electron chi connectivity index (χ0n) is 13.2. The predicted octanol–water partition coefficient (Wildman–Crippen LogP) is 0.519. The van der Waals surface area contributed by atoms with E-state index < -0.39 is 10.0 Å². The van der Waals surface area contributed by atoms with Gasteiger partial charge in [0, 0.05) is 39.8 Å². The number of hydrogen-bond donors (Lipinski definition) is 0. The van der Waals surface area contributed by atoms with E-state index in [2.05, 4.69) is 10.00 Å². The molecule has 3 aliphatic rings. The van der Waals surface area contributed by atoms with Gasteiger partial charge < -0.3 is 0 Å². The molecule has 0 aromatic carbocycles. The second-order valence-corrected chi connectivity index (χ2v) is 8.98. The van der Waals surface area contributed by atoms with E-state index >= 15 is 0 Å². The molecule has 1 saturated carbocycles. The van der Waals surface area contributed by atoms with Crippen molar-refractivity contribution in [1.29, 1.82) is 0 Å². The summed E-state index contributed by atoms with van der Waals surface area (Å²) < 4.78 is 28.3. The molecule has 0 bridgehead atoms. The third-order valence-electron chi connectivity index (χ3n) is 5.21.